The fraction of sp³-hybridized carbons (Fsp3) is 0.188. The minimum absolute atomic E-state index is 0.0766. The largest absolute Gasteiger partial charge is 0.506 e. The number of hydrogen-bond donors (Lipinski definition) is 2. The molecular weight excluding hydrogens is 268 g/mol. The Balaban J connectivity index is 1.86. The van der Waals surface area contributed by atoms with Crippen molar-refractivity contribution in [3.05, 3.63) is 53.6 Å². The average molecular weight is 284 g/mol. The molecule has 5 nitrogen and oxygen atoms in total. The number of nitrogens with two attached hydrogens (primary N) is 1. The number of nitrogen functional groups attached to an aromatic ring is 1. The van der Waals surface area contributed by atoms with Crippen molar-refractivity contribution < 1.29 is 14.6 Å². The third kappa shape index (κ3) is 2.63. The summed E-state index contributed by atoms with van der Waals surface area (Å²) in [7, 11) is 0. The second kappa shape index (κ2) is 5.36. The summed E-state index contributed by atoms with van der Waals surface area (Å²) in [6.45, 7) is 1.43. The van der Waals surface area contributed by atoms with Crippen molar-refractivity contribution >= 4 is 11.6 Å². The molecule has 1 amide bonds. The summed E-state index contributed by atoms with van der Waals surface area (Å²) in [6, 6.07) is 12.2. The topological polar surface area (TPSA) is 75.8 Å². The maximum Gasteiger partial charge on any atom is 0.254 e. The lowest BCUT2D eigenvalue weighted by Crippen LogP contribution is -2.32. The van der Waals surface area contributed by atoms with E-state index >= 15 is 0 Å². The first-order valence-electron chi connectivity index (χ1n) is 6.73. The molecule has 0 bridgehead atoms. The molecule has 0 spiro atoms. The summed E-state index contributed by atoms with van der Waals surface area (Å²) in [5, 5.41) is 9.64. The van der Waals surface area contributed by atoms with Gasteiger partial charge in [0.15, 0.2) is 0 Å². The van der Waals surface area contributed by atoms with Crippen LogP contribution in [0.15, 0.2) is 42.5 Å². The number of carbonyl (C=O) groups excluding carboxylic acids is 1. The van der Waals surface area contributed by atoms with Crippen molar-refractivity contribution in [3.63, 3.8) is 0 Å². The molecule has 0 fully saturated rings. The number of hydrogen-bond acceptors (Lipinski definition) is 4. The van der Waals surface area contributed by atoms with E-state index in [0.717, 1.165) is 11.3 Å². The maximum absolute atomic E-state index is 12.5. The van der Waals surface area contributed by atoms with Gasteiger partial charge in [0.05, 0.1) is 12.2 Å². The number of para-hydroxylation sites is 1. The Bertz CT molecular complexity index is 685. The molecule has 1 aliphatic heterocycles. The predicted molar refractivity (Wildman–Crippen MR) is 79.2 cm³/mol. The number of rotatable bonds is 1. The Morgan fingerprint density at radius 3 is 2.86 bits per heavy atom. The van der Waals surface area contributed by atoms with Crippen LogP contribution in [0.5, 0.6) is 11.5 Å². The molecule has 5 heteroatoms. The normalized spacial score (nSPS) is 14.0. The fourth-order valence-electron chi connectivity index (χ4n) is 2.36. The van der Waals surface area contributed by atoms with Gasteiger partial charge >= 0.3 is 0 Å². The Labute approximate surface area is 122 Å². The molecule has 108 valence electrons. The Hall–Kier alpha value is -2.69. The number of nitrogens with zero attached hydrogens (tertiary/aromatic N) is 1. The standard InChI is InChI=1S/C16H16N2O3/c17-13-6-5-11(9-14(13)19)16(20)18-7-8-21-15-4-2-1-3-12(15)10-18/h1-6,9,19H,7-8,10,17H2. The SMILES string of the molecule is Nc1ccc(C(=O)N2CCOc3ccccc3C2)cc1O. The van der Waals surface area contributed by atoms with Crippen LogP contribution >= 0.6 is 0 Å². The van der Waals surface area contributed by atoms with Gasteiger partial charge in [-0.05, 0) is 24.3 Å². The van der Waals surface area contributed by atoms with Gasteiger partial charge < -0.3 is 20.5 Å². The van der Waals surface area contributed by atoms with Crippen LogP contribution in [0.4, 0.5) is 5.69 Å². The molecule has 0 aliphatic carbocycles. The zero-order chi connectivity index (χ0) is 14.8. The molecule has 0 radical (unpaired) electrons. The third-order valence-electron chi connectivity index (χ3n) is 3.52. The van der Waals surface area contributed by atoms with Gasteiger partial charge in [-0.15, -0.1) is 0 Å². The molecule has 3 N–H and O–H groups in total. The molecule has 1 aliphatic rings. The van der Waals surface area contributed by atoms with Crippen molar-refractivity contribution in [1.82, 2.24) is 4.90 Å². The number of amides is 1. The van der Waals surface area contributed by atoms with Crippen LogP contribution in [0.25, 0.3) is 0 Å². The fourth-order valence-corrected chi connectivity index (χ4v) is 2.36. The first-order chi connectivity index (χ1) is 10.1. The van der Waals surface area contributed by atoms with Gasteiger partial charge in [-0.2, -0.15) is 0 Å². The summed E-state index contributed by atoms with van der Waals surface area (Å²) in [5.41, 5.74) is 7.21. The maximum atomic E-state index is 12.5. The zero-order valence-corrected chi connectivity index (χ0v) is 11.5. The lowest BCUT2D eigenvalue weighted by Gasteiger charge is -2.20. The molecule has 2 aromatic rings. The van der Waals surface area contributed by atoms with Crippen molar-refractivity contribution in [1.29, 1.82) is 0 Å². The van der Waals surface area contributed by atoms with Gasteiger partial charge in [-0.25, -0.2) is 0 Å². The number of aromatic hydroxyl groups is 1. The van der Waals surface area contributed by atoms with E-state index in [1.807, 2.05) is 24.3 Å². The number of anilines is 1. The number of phenolic OH excluding ortho intramolecular Hbond substituents is 1. The number of phenols is 1. The van der Waals surface area contributed by atoms with Crippen LogP contribution in [0.2, 0.25) is 0 Å². The first kappa shape index (κ1) is 13.3. The van der Waals surface area contributed by atoms with E-state index in [1.165, 1.54) is 12.1 Å². The van der Waals surface area contributed by atoms with Gasteiger partial charge in [-0.3, -0.25) is 4.79 Å². The molecular formula is C16H16N2O3. The number of ether oxygens (including phenoxy) is 1. The van der Waals surface area contributed by atoms with Gasteiger partial charge in [0.1, 0.15) is 18.1 Å². The summed E-state index contributed by atoms with van der Waals surface area (Å²) in [4.78, 5) is 14.2. The van der Waals surface area contributed by atoms with Crippen LogP contribution in [-0.2, 0) is 6.54 Å². The molecule has 0 aromatic heterocycles. The summed E-state index contributed by atoms with van der Waals surface area (Å²) in [6.07, 6.45) is 0. The number of benzene rings is 2. The summed E-state index contributed by atoms with van der Waals surface area (Å²) >= 11 is 0. The van der Waals surface area contributed by atoms with E-state index < -0.39 is 0 Å². The van der Waals surface area contributed by atoms with E-state index in [2.05, 4.69) is 0 Å². The molecule has 0 saturated heterocycles. The lowest BCUT2D eigenvalue weighted by atomic mass is 10.1. The smallest absolute Gasteiger partial charge is 0.254 e. The summed E-state index contributed by atoms with van der Waals surface area (Å²) < 4.78 is 5.64. The highest BCUT2D eigenvalue weighted by Gasteiger charge is 2.21. The van der Waals surface area contributed by atoms with Crippen LogP contribution in [0, 0.1) is 0 Å². The van der Waals surface area contributed by atoms with E-state index in [0.29, 0.717) is 25.3 Å². The predicted octanol–water partition coefficient (Wildman–Crippen LogP) is 2.01. The van der Waals surface area contributed by atoms with E-state index in [1.54, 1.807) is 11.0 Å². The highest BCUT2D eigenvalue weighted by Crippen LogP contribution is 2.25. The van der Waals surface area contributed by atoms with Crippen molar-refractivity contribution in [2.45, 2.75) is 6.54 Å². The Morgan fingerprint density at radius 2 is 2.05 bits per heavy atom. The van der Waals surface area contributed by atoms with Gasteiger partial charge in [0.25, 0.3) is 5.91 Å². The van der Waals surface area contributed by atoms with Crippen molar-refractivity contribution in [2.24, 2.45) is 0 Å². The minimum Gasteiger partial charge on any atom is -0.506 e. The van der Waals surface area contributed by atoms with E-state index in [9.17, 15) is 9.90 Å². The quantitative estimate of drug-likeness (QED) is 0.620. The molecule has 0 saturated carbocycles. The Kier molecular flexibility index (Phi) is 3.39. The van der Waals surface area contributed by atoms with Gasteiger partial charge in [-0.1, -0.05) is 18.2 Å². The van der Waals surface area contributed by atoms with Gasteiger partial charge in [0, 0.05) is 17.7 Å². The molecule has 1 heterocycles. The number of carbonyl (C=O) groups is 1. The number of fused-ring (bicyclic) bond motifs is 1. The highest BCUT2D eigenvalue weighted by atomic mass is 16.5. The van der Waals surface area contributed by atoms with Crippen molar-refractivity contribution in [3.8, 4) is 11.5 Å². The first-order valence-corrected chi connectivity index (χ1v) is 6.73. The average Bonchev–Trinajstić information content (AvgIpc) is 2.71. The van der Waals surface area contributed by atoms with Crippen LogP contribution in [-0.4, -0.2) is 29.1 Å². The highest BCUT2D eigenvalue weighted by molar-refractivity contribution is 5.95. The van der Waals surface area contributed by atoms with E-state index in [-0.39, 0.29) is 17.3 Å². The molecule has 0 atom stereocenters. The molecule has 2 aromatic carbocycles. The second-order valence-electron chi connectivity index (χ2n) is 4.96. The summed E-state index contributed by atoms with van der Waals surface area (Å²) in [5.74, 6) is 0.589. The zero-order valence-electron chi connectivity index (χ0n) is 11.5. The van der Waals surface area contributed by atoms with Gasteiger partial charge in [0.2, 0.25) is 0 Å². The minimum atomic E-state index is -0.148. The Morgan fingerprint density at radius 1 is 1.24 bits per heavy atom. The third-order valence-corrected chi connectivity index (χ3v) is 3.52. The molecule has 21 heavy (non-hydrogen) atoms. The molecule has 0 unspecified atom stereocenters. The van der Waals surface area contributed by atoms with Crippen LogP contribution < -0.4 is 10.5 Å². The van der Waals surface area contributed by atoms with Crippen LogP contribution in [0.1, 0.15) is 15.9 Å². The lowest BCUT2D eigenvalue weighted by molar-refractivity contribution is 0.0733. The molecule has 3 rings (SSSR count). The van der Waals surface area contributed by atoms with Crippen LogP contribution in [0.3, 0.4) is 0 Å². The van der Waals surface area contributed by atoms with E-state index in [4.69, 9.17) is 10.5 Å². The monoisotopic (exact) mass is 284 g/mol. The van der Waals surface area contributed by atoms with Crippen molar-refractivity contribution in [2.75, 3.05) is 18.9 Å². The second-order valence-corrected chi connectivity index (χ2v) is 4.96.